The smallest absolute Gasteiger partial charge is 0.409 e. The van der Waals surface area contributed by atoms with Crippen LogP contribution in [0.1, 0.15) is 19.4 Å². The fourth-order valence-corrected chi connectivity index (χ4v) is 1.90. The van der Waals surface area contributed by atoms with E-state index in [-0.39, 0.29) is 18.0 Å². The van der Waals surface area contributed by atoms with E-state index < -0.39 is 0 Å². The van der Waals surface area contributed by atoms with Gasteiger partial charge in [-0.25, -0.2) is 9.78 Å². The number of carbonyl (C=O) groups excluding carboxylic acids is 2. The van der Waals surface area contributed by atoms with E-state index in [1.54, 1.807) is 35.1 Å². The molecule has 7 nitrogen and oxygen atoms in total. The predicted molar refractivity (Wildman–Crippen MR) is 67.5 cm³/mol. The summed E-state index contributed by atoms with van der Waals surface area (Å²) >= 11 is 0. The molecule has 1 aromatic rings. The number of imidazole rings is 1. The molecule has 7 heteroatoms. The lowest BCUT2D eigenvalue weighted by Gasteiger charge is -2.26. The van der Waals surface area contributed by atoms with E-state index in [9.17, 15) is 9.59 Å². The molecule has 1 aromatic heterocycles. The molecular formula is C12H18N4O3. The van der Waals surface area contributed by atoms with Crippen molar-refractivity contribution >= 4 is 12.0 Å². The molecule has 0 aromatic carbocycles. The zero-order valence-electron chi connectivity index (χ0n) is 10.9. The normalized spacial score (nSPS) is 16.9. The van der Waals surface area contributed by atoms with Crippen LogP contribution in [-0.4, -0.2) is 52.7 Å². The third-order valence-corrected chi connectivity index (χ3v) is 3.09. The van der Waals surface area contributed by atoms with Crippen LogP contribution < -0.4 is 5.32 Å². The number of cyclic esters (lactones) is 1. The summed E-state index contributed by atoms with van der Waals surface area (Å²) in [6.45, 7) is 3.87. The minimum atomic E-state index is -0.309. The van der Waals surface area contributed by atoms with Crippen molar-refractivity contribution < 1.29 is 14.3 Å². The number of nitrogens with zero attached hydrogens (tertiary/aromatic N) is 3. The van der Waals surface area contributed by atoms with Crippen LogP contribution in [0.15, 0.2) is 18.7 Å². The van der Waals surface area contributed by atoms with Gasteiger partial charge < -0.3 is 19.5 Å². The average Bonchev–Trinajstić information content (AvgIpc) is 2.94. The Labute approximate surface area is 111 Å². The van der Waals surface area contributed by atoms with Crippen molar-refractivity contribution in [2.75, 3.05) is 26.2 Å². The second-order valence-corrected chi connectivity index (χ2v) is 4.43. The van der Waals surface area contributed by atoms with E-state index in [1.807, 2.05) is 0 Å². The zero-order chi connectivity index (χ0) is 13.7. The summed E-state index contributed by atoms with van der Waals surface area (Å²) in [5.74, 6) is -0.0941. The highest BCUT2D eigenvalue weighted by Crippen LogP contribution is 2.05. The van der Waals surface area contributed by atoms with Crippen molar-refractivity contribution in [2.45, 2.75) is 19.4 Å². The minimum absolute atomic E-state index is 0.0941. The Kier molecular flexibility index (Phi) is 4.38. The molecule has 1 aliphatic heterocycles. The Morgan fingerprint density at radius 2 is 2.47 bits per heavy atom. The first-order valence-corrected chi connectivity index (χ1v) is 6.35. The van der Waals surface area contributed by atoms with Gasteiger partial charge in [-0.15, -0.1) is 0 Å². The summed E-state index contributed by atoms with van der Waals surface area (Å²) in [6, 6.07) is -0.309. The monoisotopic (exact) mass is 266 g/mol. The van der Waals surface area contributed by atoms with Gasteiger partial charge in [-0.1, -0.05) is 0 Å². The lowest BCUT2D eigenvalue weighted by molar-refractivity contribution is -0.123. The van der Waals surface area contributed by atoms with E-state index in [0.717, 1.165) is 6.42 Å². The molecule has 0 radical (unpaired) electrons. The van der Waals surface area contributed by atoms with Crippen molar-refractivity contribution in [3.8, 4) is 0 Å². The lowest BCUT2D eigenvalue weighted by Crippen LogP contribution is -2.43. The predicted octanol–water partition coefficient (Wildman–Crippen LogP) is 0.403. The highest BCUT2D eigenvalue weighted by atomic mass is 16.6. The molecule has 2 amide bonds. The van der Waals surface area contributed by atoms with E-state index in [1.165, 1.54) is 0 Å². The Balaban J connectivity index is 1.73. The average molecular weight is 266 g/mol. The number of carbonyl (C=O) groups is 2. The van der Waals surface area contributed by atoms with Crippen LogP contribution >= 0.6 is 0 Å². The second kappa shape index (κ2) is 6.21. The summed E-state index contributed by atoms with van der Waals surface area (Å²) in [6.07, 6.45) is 5.51. The number of rotatable bonds is 5. The van der Waals surface area contributed by atoms with Crippen LogP contribution in [0.25, 0.3) is 0 Å². The van der Waals surface area contributed by atoms with E-state index >= 15 is 0 Å². The summed E-state index contributed by atoms with van der Waals surface area (Å²) in [7, 11) is 0. The van der Waals surface area contributed by atoms with Gasteiger partial charge in [-0.3, -0.25) is 4.79 Å². The number of hydrogen-bond acceptors (Lipinski definition) is 4. The molecule has 0 bridgehead atoms. The van der Waals surface area contributed by atoms with Gasteiger partial charge in [0, 0.05) is 32.0 Å². The second-order valence-electron chi connectivity index (χ2n) is 4.43. The maximum atomic E-state index is 11.9. The number of ether oxygens (including phenoxy) is 1. The standard InChI is InChI=1S/C12H18N4O3/c1-10(16-6-3-13-9-16)11(17)14-4-7-15-5-2-8-19-12(15)18/h3,6,9-10H,2,4-5,7-8H2,1H3,(H,14,17)/t10-/m0/s1. The molecule has 1 aliphatic rings. The zero-order valence-corrected chi connectivity index (χ0v) is 10.9. The fourth-order valence-electron chi connectivity index (χ4n) is 1.90. The minimum Gasteiger partial charge on any atom is -0.449 e. The van der Waals surface area contributed by atoms with Crippen LogP contribution in [0.2, 0.25) is 0 Å². The number of nitrogens with one attached hydrogen (secondary N) is 1. The summed E-state index contributed by atoms with van der Waals surface area (Å²) in [4.78, 5) is 28.7. The van der Waals surface area contributed by atoms with Crippen molar-refractivity contribution in [1.29, 1.82) is 0 Å². The maximum absolute atomic E-state index is 11.9. The van der Waals surface area contributed by atoms with E-state index in [2.05, 4.69) is 10.3 Å². The molecule has 0 saturated carbocycles. The summed E-state index contributed by atoms with van der Waals surface area (Å²) in [5, 5.41) is 2.80. The van der Waals surface area contributed by atoms with Crippen LogP contribution in [0.3, 0.4) is 0 Å². The van der Waals surface area contributed by atoms with Crippen molar-refractivity contribution in [3.63, 3.8) is 0 Å². The molecule has 0 unspecified atom stereocenters. The van der Waals surface area contributed by atoms with Gasteiger partial charge in [0.25, 0.3) is 0 Å². The topological polar surface area (TPSA) is 76.5 Å². The number of hydrogen-bond donors (Lipinski definition) is 1. The molecule has 1 N–H and O–H groups in total. The first-order chi connectivity index (χ1) is 9.18. The molecule has 1 atom stereocenters. The van der Waals surface area contributed by atoms with Crippen molar-refractivity contribution in [3.05, 3.63) is 18.7 Å². The maximum Gasteiger partial charge on any atom is 0.409 e. The first-order valence-electron chi connectivity index (χ1n) is 6.35. The van der Waals surface area contributed by atoms with Crippen LogP contribution in [0.5, 0.6) is 0 Å². The third-order valence-electron chi connectivity index (χ3n) is 3.09. The van der Waals surface area contributed by atoms with Gasteiger partial charge in [0.2, 0.25) is 5.91 Å². The van der Waals surface area contributed by atoms with Gasteiger partial charge >= 0.3 is 6.09 Å². The lowest BCUT2D eigenvalue weighted by atomic mass is 10.3. The van der Waals surface area contributed by atoms with Crippen LogP contribution in [0, 0.1) is 0 Å². The van der Waals surface area contributed by atoms with E-state index in [4.69, 9.17) is 4.74 Å². The SMILES string of the molecule is C[C@@H](C(=O)NCCN1CCCOC1=O)n1ccnc1. The Hall–Kier alpha value is -2.05. The molecule has 0 spiro atoms. The van der Waals surface area contributed by atoms with Crippen LogP contribution in [-0.2, 0) is 9.53 Å². The third kappa shape index (κ3) is 3.46. The summed E-state index contributed by atoms with van der Waals surface area (Å²) in [5.41, 5.74) is 0. The van der Waals surface area contributed by atoms with Crippen molar-refractivity contribution in [1.82, 2.24) is 19.8 Å². The van der Waals surface area contributed by atoms with Crippen molar-refractivity contribution in [2.24, 2.45) is 0 Å². The summed E-state index contributed by atoms with van der Waals surface area (Å²) < 4.78 is 6.64. The number of aromatic nitrogens is 2. The largest absolute Gasteiger partial charge is 0.449 e. The molecule has 2 rings (SSSR count). The molecule has 19 heavy (non-hydrogen) atoms. The fraction of sp³-hybridized carbons (Fsp3) is 0.583. The molecule has 1 fully saturated rings. The molecule has 104 valence electrons. The highest BCUT2D eigenvalue weighted by molar-refractivity contribution is 5.79. The molecule has 0 aliphatic carbocycles. The first kappa shape index (κ1) is 13.4. The van der Waals surface area contributed by atoms with E-state index in [0.29, 0.717) is 26.2 Å². The number of amides is 2. The van der Waals surface area contributed by atoms with Gasteiger partial charge in [0.1, 0.15) is 6.04 Å². The Morgan fingerprint density at radius 1 is 1.63 bits per heavy atom. The van der Waals surface area contributed by atoms with Gasteiger partial charge in [-0.05, 0) is 13.3 Å². The Morgan fingerprint density at radius 3 is 3.16 bits per heavy atom. The van der Waals surface area contributed by atoms with Gasteiger partial charge in [0.15, 0.2) is 0 Å². The molecule has 2 heterocycles. The highest BCUT2D eigenvalue weighted by Gasteiger charge is 2.19. The van der Waals surface area contributed by atoms with Gasteiger partial charge in [0.05, 0.1) is 12.9 Å². The molecular weight excluding hydrogens is 248 g/mol. The van der Waals surface area contributed by atoms with Crippen LogP contribution in [0.4, 0.5) is 4.79 Å². The molecule has 1 saturated heterocycles. The Bertz CT molecular complexity index is 432. The van der Waals surface area contributed by atoms with Gasteiger partial charge in [-0.2, -0.15) is 0 Å². The quantitative estimate of drug-likeness (QED) is 0.837.